The second-order valence-corrected chi connectivity index (χ2v) is 9.20. The van der Waals surface area contributed by atoms with Gasteiger partial charge in [0.1, 0.15) is 11.5 Å². The summed E-state index contributed by atoms with van der Waals surface area (Å²) in [5.74, 6) is -1.11. The number of hydrogen-bond donors (Lipinski definition) is 3. The fourth-order valence-corrected chi connectivity index (χ4v) is 5.40. The SMILES string of the molecule is O=S(=O)(O)C(c1ccccc1)(c1cc(O)c(Cl)cc1O)c1ccc(Cl)c(Cl)c1Cl. The molecule has 0 fully saturated rings. The lowest BCUT2D eigenvalue weighted by atomic mass is 9.83. The van der Waals surface area contributed by atoms with E-state index in [-0.39, 0.29) is 36.8 Å². The summed E-state index contributed by atoms with van der Waals surface area (Å²) in [7, 11) is -5.09. The molecule has 0 amide bonds. The van der Waals surface area contributed by atoms with Gasteiger partial charge in [-0.2, -0.15) is 8.42 Å². The molecule has 5 nitrogen and oxygen atoms in total. The summed E-state index contributed by atoms with van der Waals surface area (Å²) in [6.45, 7) is 0. The molecule has 0 bridgehead atoms. The van der Waals surface area contributed by atoms with Crippen LogP contribution in [0, 0.1) is 0 Å². The molecular formula is C19H12Cl4O5S. The fraction of sp³-hybridized carbons (Fsp3) is 0.0526. The van der Waals surface area contributed by atoms with Gasteiger partial charge in [0, 0.05) is 17.2 Å². The Labute approximate surface area is 186 Å². The molecule has 0 aliphatic rings. The number of halogens is 4. The number of phenolic OH excluding ortho intramolecular Hbond substituents is 2. The van der Waals surface area contributed by atoms with Crippen molar-refractivity contribution < 1.29 is 23.2 Å². The molecule has 0 aromatic heterocycles. The summed E-state index contributed by atoms with van der Waals surface area (Å²) in [6, 6.07) is 12.0. The van der Waals surface area contributed by atoms with Crippen molar-refractivity contribution in [2.24, 2.45) is 0 Å². The molecule has 1 unspecified atom stereocenters. The monoisotopic (exact) mass is 492 g/mol. The van der Waals surface area contributed by atoms with Crippen LogP contribution in [0.1, 0.15) is 16.7 Å². The van der Waals surface area contributed by atoms with E-state index in [0.717, 1.165) is 12.1 Å². The Morgan fingerprint density at radius 1 is 0.724 bits per heavy atom. The first-order chi connectivity index (χ1) is 13.5. The Kier molecular flexibility index (Phi) is 5.98. The van der Waals surface area contributed by atoms with Gasteiger partial charge in [-0.15, -0.1) is 0 Å². The van der Waals surface area contributed by atoms with Gasteiger partial charge < -0.3 is 10.2 Å². The summed E-state index contributed by atoms with van der Waals surface area (Å²) in [5.41, 5.74) is -0.535. The first-order valence-electron chi connectivity index (χ1n) is 7.90. The van der Waals surface area contributed by atoms with E-state index in [0.29, 0.717) is 0 Å². The van der Waals surface area contributed by atoms with Crippen LogP contribution in [-0.4, -0.2) is 23.2 Å². The van der Waals surface area contributed by atoms with Crippen LogP contribution in [-0.2, 0) is 14.9 Å². The van der Waals surface area contributed by atoms with Crippen LogP contribution >= 0.6 is 46.4 Å². The molecule has 0 aliphatic heterocycles. The van der Waals surface area contributed by atoms with Crippen molar-refractivity contribution in [3.05, 3.63) is 91.4 Å². The normalized spacial score (nSPS) is 13.8. The number of phenols is 2. The summed E-state index contributed by atoms with van der Waals surface area (Å²) in [6.07, 6.45) is 0. The van der Waals surface area contributed by atoms with E-state index in [4.69, 9.17) is 46.4 Å². The van der Waals surface area contributed by atoms with Crippen LogP contribution < -0.4 is 0 Å². The van der Waals surface area contributed by atoms with Crippen LogP contribution in [0.5, 0.6) is 11.5 Å². The van der Waals surface area contributed by atoms with E-state index in [1.54, 1.807) is 6.07 Å². The van der Waals surface area contributed by atoms with Crippen LogP contribution in [0.2, 0.25) is 20.1 Å². The van der Waals surface area contributed by atoms with Gasteiger partial charge in [0.25, 0.3) is 10.1 Å². The Morgan fingerprint density at radius 2 is 1.34 bits per heavy atom. The number of benzene rings is 3. The predicted octanol–water partition coefficient (Wildman–Crippen LogP) is 5.89. The standard InChI is InChI=1S/C19H12Cl4O5S/c20-13-7-6-11(17(22)18(13)23)19(29(26,27)28,10-4-2-1-3-5-10)12-8-16(25)14(21)9-15(12)24/h1-9,24-25H,(H,26,27,28). The van der Waals surface area contributed by atoms with Gasteiger partial charge in [-0.3, -0.25) is 4.55 Å². The van der Waals surface area contributed by atoms with Gasteiger partial charge in [-0.25, -0.2) is 0 Å². The van der Waals surface area contributed by atoms with E-state index in [9.17, 15) is 23.2 Å². The Hall–Kier alpha value is -1.67. The third kappa shape index (κ3) is 3.54. The molecule has 0 aliphatic carbocycles. The lowest BCUT2D eigenvalue weighted by Gasteiger charge is -2.34. The van der Waals surface area contributed by atoms with Crippen molar-refractivity contribution in [1.29, 1.82) is 0 Å². The molecular weight excluding hydrogens is 482 g/mol. The third-order valence-electron chi connectivity index (χ3n) is 4.43. The highest BCUT2D eigenvalue weighted by atomic mass is 35.5. The van der Waals surface area contributed by atoms with Crippen LogP contribution in [0.15, 0.2) is 54.6 Å². The maximum atomic E-state index is 12.9. The van der Waals surface area contributed by atoms with E-state index < -0.39 is 26.4 Å². The van der Waals surface area contributed by atoms with E-state index in [1.807, 2.05) is 0 Å². The topological polar surface area (TPSA) is 94.8 Å². The highest BCUT2D eigenvalue weighted by Crippen LogP contribution is 2.52. The average Bonchev–Trinajstić information content (AvgIpc) is 2.65. The van der Waals surface area contributed by atoms with Gasteiger partial charge in [-0.05, 0) is 17.7 Å². The Balaban J connectivity index is 2.62. The average molecular weight is 494 g/mol. The minimum Gasteiger partial charge on any atom is -0.508 e. The smallest absolute Gasteiger partial charge is 0.283 e. The Bertz CT molecular complexity index is 1190. The summed E-state index contributed by atoms with van der Waals surface area (Å²) < 4.78 is 33.9. The van der Waals surface area contributed by atoms with Crippen LogP contribution in [0.4, 0.5) is 0 Å². The van der Waals surface area contributed by atoms with Gasteiger partial charge in [0.15, 0.2) is 4.75 Å². The molecule has 0 spiro atoms. The zero-order valence-corrected chi connectivity index (χ0v) is 18.1. The molecule has 1 atom stereocenters. The molecule has 152 valence electrons. The first kappa shape index (κ1) is 22.0. The van der Waals surface area contributed by atoms with Crippen molar-refractivity contribution in [3.63, 3.8) is 0 Å². The predicted molar refractivity (Wildman–Crippen MR) is 114 cm³/mol. The molecule has 29 heavy (non-hydrogen) atoms. The van der Waals surface area contributed by atoms with E-state index >= 15 is 0 Å². The highest BCUT2D eigenvalue weighted by molar-refractivity contribution is 7.87. The minimum atomic E-state index is -5.09. The third-order valence-corrected chi connectivity index (χ3v) is 7.47. The van der Waals surface area contributed by atoms with Gasteiger partial charge in [0.05, 0.1) is 20.1 Å². The minimum absolute atomic E-state index is 0.0276. The van der Waals surface area contributed by atoms with Crippen LogP contribution in [0.3, 0.4) is 0 Å². The van der Waals surface area contributed by atoms with Crippen molar-refractivity contribution >= 4 is 56.5 Å². The molecule has 3 N–H and O–H groups in total. The molecule has 3 aromatic rings. The first-order valence-corrected chi connectivity index (χ1v) is 10.9. The van der Waals surface area contributed by atoms with Gasteiger partial charge in [0.2, 0.25) is 0 Å². The van der Waals surface area contributed by atoms with Crippen molar-refractivity contribution in [3.8, 4) is 11.5 Å². The maximum absolute atomic E-state index is 12.9. The molecule has 10 heteroatoms. The summed E-state index contributed by atoms with van der Waals surface area (Å²) >= 11 is 24.3. The molecule has 0 saturated carbocycles. The van der Waals surface area contributed by atoms with E-state index in [1.165, 1.54) is 36.4 Å². The largest absolute Gasteiger partial charge is 0.508 e. The molecule has 3 rings (SSSR count). The summed E-state index contributed by atoms with van der Waals surface area (Å²) in [4.78, 5) is 0. The number of hydrogen-bond acceptors (Lipinski definition) is 4. The molecule has 0 radical (unpaired) electrons. The van der Waals surface area contributed by atoms with Gasteiger partial charge >= 0.3 is 0 Å². The number of aromatic hydroxyl groups is 2. The van der Waals surface area contributed by atoms with Crippen molar-refractivity contribution in [2.45, 2.75) is 4.75 Å². The lowest BCUT2D eigenvalue weighted by Crippen LogP contribution is -2.38. The lowest BCUT2D eigenvalue weighted by molar-refractivity contribution is 0.434. The van der Waals surface area contributed by atoms with Crippen molar-refractivity contribution in [2.75, 3.05) is 0 Å². The Morgan fingerprint density at radius 3 is 1.93 bits per heavy atom. The van der Waals surface area contributed by atoms with Crippen LogP contribution in [0.25, 0.3) is 0 Å². The maximum Gasteiger partial charge on any atom is 0.283 e. The van der Waals surface area contributed by atoms with E-state index in [2.05, 4.69) is 0 Å². The highest BCUT2D eigenvalue weighted by Gasteiger charge is 2.51. The fourth-order valence-electron chi connectivity index (χ4n) is 3.19. The zero-order valence-electron chi connectivity index (χ0n) is 14.3. The molecule has 3 aromatic carbocycles. The van der Waals surface area contributed by atoms with Crippen molar-refractivity contribution in [1.82, 2.24) is 0 Å². The number of rotatable bonds is 4. The second kappa shape index (κ2) is 7.87. The second-order valence-electron chi connectivity index (χ2n) is 6.07. The summed E-state index contributed by atoms with van der Waals surface area (Å²) in [5, 5.41) is 20.1. The van der Waals surface area contributed by atoms with Gasteiger partial charge in [-0.1, -0.05) is 82.8 Å². The molecule has 0 heterocycles. The quantitative estimate of drug-likeness (QED) is 0.182. The zero-order chi connectivity index (χ0) is 21.6. The molecule has 0 saturated heterocycles.